The lowest BCUT2D eigenvalue weighted by molar-refractivity contribution is 0.190. The molecule has 20 heavy (non-hydrogen) atoms. The molecule has 0 unspecified atom stereocenters. The van der Waals surface area contributed by atoms with Crippen LogP contribution in [0.5, 0.6) is 0 Å². The number of furan rings is 1. The van der Waals surface area contributed by atoms with Crippen LogP contribution in [0.25, 0.3) is 10.7 Å². The Balaban J connectivity index is 1.72. The van der Waals surface area contributed by atoms with Gasteiger partial charge in [-0.15, -0.1) is 11.3 Å². The van der Waals surface area contributed by atoms with Gasteiger partial charge in [0.15, 0.2) is 0 Å². The van der Waals surface area contributed by atoms with Crippen LogP contribution in [-0.4, -0.2) is 22.1 Å². The van der Waals surface area contributed by atoms with E-state index < -0.39 is 0 Å². The number of hydrogen-bond acceptors (Lipinski definition) is 6. The van der Waals surface area contributed by atoms with E-state index in [-0.39, 0.29) is 6.04 Å². The molecule has 3 rings (SSSR count). The van der Waals surface area contributed by atoms with Gasteiger partial charge in [0.1, 0.15) is 5.76 Å². The first-order chi connectivity index (χ1) is 9.74. The molecule has 1 atom stereocenters. The number of rotatable bonds is 5. The van der Waals surface area contributed by atoms with Gasteiger partial charge in [0, 0.05) is 0 Å². The molecule has 0 saturated heterocycles. The van der Waals surface area contributed by atoms with E-state index in [0.717, 1.165) is 10.6 Å². The highest BCUT2D eigenvalue weighted by Crippen LogP contribution is 2.25. The minimum absolute atomic E-state index is 0.0290. The van der Waals surface area contributed by atoms with Crippen molar-refractivity contribution in [1.29, 1.82) is 0 Å². The van der Waals surface area contributed by atoms with Crippen LogP contribution in [0.15, 0.2) is 44.8 Å². The summed E-state index contributed by atoms with van der Waals surface area (Å²) in [7, 11) is 2.00. The van der Waals surface area contributed by atoms with E-state index in [2.05, 4.69) is 15.0 Å². The van der Waals surface area contributed by atoms with Gasteiger partial charge in [-0.05, 0) is 37.6 Å². The van der Waals surface area contributed by atoms with Gasteiger partial charge < -0.3 is 8.94 Å². The largest absolute Gasteiger partial charge is 0.468 e. The van der Waals surface area contributed by atoms with E-state index in [1.165, 1.54) is 0 Å². The molecule has 0 spiro atoms. The predicted molar refractivity (Wildman–Crippen MR) is 76.2 cm³/mol. The molecule has 0 amide bonds. The Hall–Kier alpha value is -1.92. The first-order valence-corrected chi connectivity index (χ1v) is 7.22. The maximum absolute atomic E-state index is 5.36. The van der Waals surface area contributed by atoms with Crippen LogP contribution < -0.4 is 0 Å². The third-order valence-electron chi connectivity index (χ3n) is 3.19. The second-order valence-electron chi connectivity index (χ2n) is 4.60. The zero-order valence-corrected chi connectivity index (χ0v) is 12.1. The fraction of sp³-hybridized carbons (Fsp3) is 0.286. The zero-order valence-electron chi connectivity index (χ0n) is 11.3. The van der Waals surface area contributed by atoms with Crippen LogP contribution in [-0.2, 0) is 6.54 Å². The Bertz CT molecular complexity index is 646. The summed E-state index contributed by atoms with van der Waals surface area (Å²) in [6.45, 7) is 2.74. The maximum Gasteiger partial charge on any atom is 0.244 e. The molecule has 104 valence electrons. The molecule has 0 N–H and O–H groups in total. The average molecular weight is 289 g/mol. The van der Waals surface area contributed by atoms with Crippen LogP contribution in [0.3, 0.4) is 0 Å². The third-order valence-corrected chi connectivity index (χ3v) is 4.05. The van der Waals surface area contributed by atoms with Crippen molar-refractivity contribution >= 4 is 11.3 Å². The summed E-state index contributed by atoms with van der Waals surface area (Å²) in [5, 5.41) is 6.03. The molecule has 0 saturated carbocycles. The molecule has 0 radical (unpaired) electrons. The van der Waals surface area contributed by atoms with Crippen LogP contribution in [0.1, 0.15) is 24.6 Å². The number of nitrogens with zero attached hydrogens (tertiary/aromatic N) is 3. The zero-order chi connectivity index (χ0) is 13.9. The van der Waals surface area contributed by atoms with Crippen LogP contribution in [0, 0.1) is 0 Å². The van der Waals surface area contributed by atoms with Crippen LogP contribution >= 0.6 is 11.3 Å². The number of hydrogen-bond donors (Lipinski definition) is 0. The highest BCUT2D eigenvalue weighted by molar-refractivity contribution is 7.13. The first-order valence-electron chi connectivity index (χ1n) is 6.34. The fourth-order valence-electron chi connectivity index (χ4n) is 1.88. The topological polar surface area (TPSA) is 55.3 Å². The molecule has 0 aliphatic rings. The molecule has 3 aromatic heterocycles. The Morgan fingerprint density at radius 2 is 2.25 bits per heavy atom. The lowest BCUT2D eigenvalue weighted by atomic mass is 10.3. The highest BCUT2D eigenvalue weighted by Gasteiger charge is 2.20. The van der Waals surface area contributed by atoms with Gasteiger partial charge in [0.2, 0.25) is 11.7 Å². The Morgan fingerprint density at radius 3 is 2.95 bits per heavy atom. The van der Waals surface area contributed by atoms with Crippen molar-refractivity contribution < 1.29 is 8.94 Å². The smallest absolute Gasteiger partial charge is 0.244 e. The number of thiophene rings is 1. The van der Waals surface area contributed by atoms with Gasteiger partial charge in [-0.3, -0.25) is 4.90 Å². The van der Waals surface area contributed by atoms with Crippen molar-refractivity contribution in [3.63, 3.8) is 0 Å². The summed E-state index contributed by atoms with van der Waals surface area (Å²) in [6.07, 6.45) is 1.68. The van der Waals surface area contributed by atoms with Crippen molar-refractivity contribution in [2.75, 3.05) is 7.05 Å². The van der Waals surface area contributed by atoms with Gasteiger partial charge in [0.25, 0.3) is 0 Å². The van der Waals surface area contributed by atoms with E-state index in [1.54, 1.807) is 17.6 Å². The van der Waals surface area contributed by atoms with Gasteiger partial charge in [-0.2, -0.15) is 4.98 Å². The maximum atomic E-state index is 5.36. The van der Waals surface area contributed by atoms with Crippen molar-refractivity contribution in [3.05, 3.63) is 47.6 Å². The third kappa shape index (κ3) is 2.66. The predicted octanol–water partition coefficient (Wildman–Crippen LogP) is 3.58. The van der Waals surface area contributed by atoms with Crippen molar-refractivity contribution in [1.82, 2.24) is 15.0 Å². The monoisotopic (exact) mass is 289 g/mol. The van der Waals surface area contributed by atoms with Gasteiger partial charge in [0.05, 0.1) is 23.7 Å². The summed E-state index contributed by atoms with van der Waals surface area (Å²) < 4.78 is 10.7. The van der Waals surface area contributed by atoms with Crippen molar-refractivity contribution in [3.8, 4) is 10.7 Å². The lowest BCUT2D eigenvalue weighted by Gasteiger charge is -2.19. The van der Waals surface area contributed by atoms with E-state index in [0.29, 0.717) is 18.3 Å². The Kier molecular flexibility index (Phi) is 3.66. The second-order valence-corrected chi connectivity index (χ2v) is 5.55. The van der Waals surface area contributed by atoms with E-state index >= 15 is 0 Å². The quantitative estimate of drug-likeness (QED) is 0.718. The summed E-state index contributed by atoms with van der Waals surface area (Å²) in [5.74, 6) is 2.17. The molecule has 0 aliphatic heterocycles. The normalized spacial score (nSPS) is 12.9. The summed E-state index contributed by atoms with van der Waals surface area (Å²) in [4.78, 5) is 7.58. The average Bonchev–Trinajstić information content (AvgIpc) is 3.18. The molecule has 6 heteroatoms. The minimum Gasteiger partial charge on any atom is -0.468 e. The van der Waals surface area contributed by atoms with Gasteiger partial charge in [-0.25, -0.2) is 0 Å². The molecular formula is C14H15N3O2S. The summed E-state index contributed by atoms with van der Waals surface area (Å²) >= 11 is 1.60. The van der Waals surface area contributed by atoms with Gasteiger partial charge >= 0.3 is 0 Å². The Labute approximate surface area is 120 Å². The molecule has 3 heterocycles. The van der Waals surface area contributed by atoms with Crippen molar-refractivity contribution in [2.24, 2.45) is 0 Å². The highest BCUT2D eigenvalue weighted by atomic mass is 32.1. The molecule has 0 aromatic carbocycles. The molecular weight excluding hydrogens is 274 g/mol. The molecule has 0 bridgehead atoms. The van der Waals surface area contributed by atoms with Crippen molar-refractivity contribution in [2.45, 2.75) is 19.5 Å². The van der Waals surface area contributed by atoms with Crippen LogP contribution in [0.4, 0.5) is 0 Å². The summed E-state index contributed by atoms with van der Waals surface area (Å²) in [5.41, 5.74) is 0. The molecule has 0 aliphatic carbocycles. The standard InChI is InChI=1S/C14H15N3O2S/c1-10(17(2)9-11-5-3-7-18-11)14-15-13(16-19-14)12-6-4-8-20-12/h3-8,10H,9H2,1-2H3/t10-/m0/s1. The fourth-order valence-corrected chi connectivity index (χ4v) is 2.53. The minimum atomic E-state index is 0.0290. The van der Waals surface area contributed by atoms with E-state index in [4.69, 9.17) is 8.94 Å². The van der Waals surface area contributed by atoms with E-state index in [1.807, 2.05) is 43.6 Å². The van der Waals surface area contributed by atoms with E-state index in [9.17, 15) is 0 Å². The molecule has 0 fully saturated rings. The molecule has 5 nitrogen and oxygen atoms in total. The SMILES string of the molecule is C[C@@H](c1nc(-c2cccs2)no1)N(C)Cc1ccco1. The Morgan fingerprint density at radius 1 is 1.35 bits per heavy atom. The first kappa shape index (κ1) is 13.1. The van der Waals surface area contributed by atoms with Gasteiger partial charge in [-0.1, -0.05) is 11.2 Å². The number of aromatic nitrogens is 2. The van der Waals surface area contributed by atoms with Crippen LogP contribution in [0.2, 0.25) is 0 Å². The summed E-state index contributed by atoms with van der Waals surface area (Å²) in [6, 6.07) is 7.82. The second kappa shape index (κ2) is 5.60. The lowest BCUT2D eigenvalue weighted by Crippen LogP contribution is -2.21. The molecule has 3 aromatic rings.